The summed E-state index contributed by atoms with van der Waals surface area (Å²) >= 11 is 0. The number of carbonyl (C=O) groups excluding carboxylic acids is 1. The topological polar surface area (TPSA) is 45.1 Å². The van der Waals surface area contributed by atoms with E-state index in [9.17, 15) is 4.79 Å². The number of nitrogens with zero attached hydrogens (tertiary/aromatic N) is 3. The van der Waals surface area contributed by atoms with Gasteiger partial charge in [-0.3, -0.25) is 9.69 Å². The van der Waals surface area contributed by atoms with Crippen molar-refractivity contribution in [1.29, 1.82) is 0 Å². The second kappa shape index (κ2) is 7.86. The van der Waals surface area contributed by atoms with Crippen LogP contribution in [0, 0.1) is 0 Å². The Morgan fingerprint density at radius 2 is 1.64 bits per heavy atom. The summed E-state index contributed by atoms with van der Waals surface area (Å²) in [6.45, 7) is 8.69. The number of hydrogen-bond donors (Lipinski definition) is 0. The molecule has 0 unspecified atom stereocenters. The fourth-order valence-corrected chi connectivity index (χ4v) is 3.91. The Morgan fingerprint density at radius 3 is 2.39 bits per heavy atom. The predicted octanol–water partition coefficient (Wildman–Crippen LogP) is 2.89. The van der Waals surface area contributed by atoms with Crippen molar-refractivity contribution >= 4 is 11.6 Å². The van der Waals surface area contributed by atoms with Crippen LogP contribution < -0.4 is 0 Å². The molecule has 0 aliphatic carbocycles. The second-order valence-corrected chi connectivity index (χ2v) is 7.87. The Kier molecular flexibility index (Phi) is 5.29. The fourth-order valence-electron chi connectivity index (χ4n) is 3.91. The number of carbonyl (C=O) groups is 1. The lowest BCUT2D eigenvalue weighted by atomic mass is 9.79. The molecule has 1 amide bonds. The van der Waals surface area contributed by atoms with Crippen molar-refractivity contribution in [3.05, 3.63) is 71.3 Å². The molecule has 0 N–H and O–H groups in total. The standard InChI is InChI=1S/C23H27N3O2/c1-23(2)20-11-7-6-10-19(20)21(18-8-4-3-5-9-18)24-26(22(23)27)13-12-25-14-16-28-17-15-25/h3-11H,12-17H2,1-2H3. The van der Waals surface area contributed by atoms with Crippen LogP contribution in [0.1, 0.15) is 30.5 Å². The average molecular weight is 377 g/mol. The molecule has 4 rings (SSSR count). The molecule has 146 valence electrons. The molecule has 0 atom stereocenters. The fraction of sp³-hybridized carbons (Fsp3) is 0.391. The Bertz CT molecular complexity index is 870. The molecule has 2 aromatic rings. The minimum atomic E-state index is -0.637. The first-order valence-corrected chi connectivity index (χ1v) is 9.93. The van der Waals surface area contributed by atoms with E-state index < -0.39 is 5.41 Å². The summed E-state index contributed by atoms with van der Waals surface area (Å²) in [6, 6.07) is 18.3. The first kappa shape index (κ1) is 18.8. The smallest absolute Gasteiger partial charge is 0.252 e. The zero-order chi connectivity index (χ0) is 19.6. The SMILES string of the molecule is CC1(C)C(=O)N(CCN2CCOCC2)N=C(c2ccccc2)c2ccccc21. The van der Waals surface area contributed by atoms with Crippen LogP contribution in [0.2, 0.25) is 0 Å². The van der Waals surface area contributed by atoms with Gasteiger partial charge < -0.3 is 4.74 Å². The Morgan fingerprint density at radius 1 is 0.964 bits per heavy atom. The van der Waals surface area contributed by atoms with Gasteiger partial charge in [-0.1, -0.05) is 54.6 Å². The molecular weight excluding hydrogens is 350 g/mol. The number of amides is 1. The van der Waals surface area contributed by atoms with E-state index in [4.69, 9.17) is 9.84 Å². The van der Waals surface area contributed by atoms with Crippen molar-refractivity contribution in [2.24, 2.45) is 5.10 Å². The highest BCUT2D eigenvalue weighted by atomic mass is 16.5. The highest BCUT2D eigenvalue weighted by Crippen LogP contribution is 2.33. The maximum atomic E-state index is 13.5. The zero-order valence-electron chi connectivity index (χ0n) is 16.6. The third-order valence-corrected chi connectivity index (χ3v) is 5.62. The number of ether oxygens (including phenoxy) is 1. The monoisotopic (exact) mass is 377 g/mol. The normalized spacial score (nSPS) is 19.7. The molecule has 2 aromatic carbocycles. The molecule has 2 aliphatic rings. The molecule has 5 nitrogen and oxygen atoms in total. The number of morpholine rings is 1. The highest BCUT2D eigenvalue weighted by Gasteiger charge is 2.39. The van der Waals surface area contributed by atoms with Crippen molar-refractivity contribution in [3.8, 4) is 0 Å². The molecular formula is C23H27N3O2. The number of rotatable bonds is 4. The van der Waals surface area contributed by atoms with E-state index >= 15 is 0 Å². The average Bonchev–Trinajstić information content (AvgIpc) is 2.82. The van der Waals surface area contributed by atoms with E-state index in [0.29, 0.717) is 6.54 Å². The second-order valence-electron chi connectivity index (χ2n) is 7.87. The molecule has 0 radical (unpaired) electrons. The third kappa shape index (κ3) is 3.60. The summed E-state index contributed by atoms with van der Waals surface area (Å²) in [6.07, 6.45) is 0. The molecule has 0 spiro atoms. The molecule has 1 saturated heterocycles. The minimum absolute atomic E-state index is 0.0409. The third-order valence-electron chi connectivity index (χ3n) is 5.62. The maximum absolute atomic E-state index is 13.5. The van der Waals surface area contributed by atoms with Crippen LogP contribution in [0.4, 0.5) is 0 Å². The number of hydrazone groups is 1. The summed E-state index contributed by atoms with van der Waals surface area (Å²) in [5.74, 6) is 0.0409. The summed E-state index contributed by atoms with van der Waals surface area (Å²) in [4.78, 5) is 15.8. The molecule has 1 fully saturated rings. The lowest BCUT2D eigenvalue weighted by Crippen LogP contribution is -2.45. The lowest BCUT2D eigenvalue weighted by Gasteiger charge is -2.31. The van der Waals surface area contributed by atoms with Gasteiger partial charge in [0.05, 0.1) is 30.9 Å². The first-order chi connectivity index (χ1) is 13.6. The lowest BCUT2D eigenvalue weighted by molar-refractivity contribution is -0.136. The van der Waals surface area contributed by atoms with Crippen molar-refractivity contribution in [3.63, 3.8) is 0 Å². The van der Waals surface area contributed by atoms with Crippen molar-refractivity contribution in [2.45, 2.75) is 19.3 Å². The highest BCUT2D eigenvalue weighted by molar-refractivity contribution is 6.15. The minimum Gasteiger partial charge on any atom is -0.379 e. The van der Waals surface area contributed by atoms with Gasteiger partial charge >= 0.3 is 0 Å². The van der Waals surface area contributed by atoms with Gasteiger partial charge in [0, 0.05) is 30.8 Å². The molecule has 0 bridgehead atoms. The molecule has 0 saturated carbocycles. The maximum Gasteiger partial charge on any atom is 0.252 e. The van der Waals surface area contributed by atoms with E-state index in [1.165, 1.54) is 0 Å². The quantitative estimate of drug-likeness (QED) is 0.823. The van der Waals surface area contributed by atoms with Gasteiger partial charge in [0.15, 0.2) is 0 Å². The van der Waals surface area contributed by atoms with Crippen LogP contribution >= 0.6 is 0 Å². The molecule has 2 aliphatic heterocycles. The van der Waals surface area contributed by atoms with E-state index in [1.807, 2.05) is 44.2 Å². The molecule has 5 heteroatoms. The van der Waals surface area contributed by atoms with Crippen LogP contribution in [0.3, 0.4) is 0 Å². The Labute approximate surface area is 166 Å². The predicted molar refractivity (Wildman–Crippen MR) is 111 cm³/mol. The van der Waals surface area contributed by atoms with E-state index in [2.05, 4.69) is 29.2 Å². The largest absolute Gasteiger partial charge is 0.379 e. The summed E-state index contributed by atoms with van der Waals surface area (Å²) in [5.41, 5.74) is 3.30. The summed E-state index contributed by atoms with van der Waals surface area (Å²) in [5, 5.41) is 6.57. The van der Waals surface area contributed by atoms with Gasteiger partial charge in [-0.2, -0.15) is 5.10 Å². The van der Waals surface area contributed by atoms with Crippen LogP contribution in [0.5, 0.6) is 0 Å². The van der Waals surface area contributed by atoms with Crippen LogP contribution in [0.25, 0.3) is 0 Å². The van der Waals surface area contributed by atoms with E-state index in [-0.39, 0.29) is 5.91 Å². The van der Waals surface area contributed by atoms with Gasteiger partial charge in [-0.05, 0) is 19.4 Å². The van der Waals surface area contributed by atoms with Gasteiger partial charge in [-0.15, -0.1) is 0 Å². The zero-order valence-corrected chi connectivity index (χ0v) is 16.6. The van der Waals surface area contributed by atoms with Crippen LogP contribution in [-0.4, -0.2) is 60.9 Å². The Balaban J connectivity index is 1.73. The van der Waals surface area contributed by atoms with Crippen molar-refractivity contribution < 1.29 is 9.53 Å². The van der Waals surface area contributed by atoms with Crippen molar-refractivity contribution in [1.82, 2.24) is 9.91 Å². The molecule has 0 aromatic heterocycles. The van der Waals surface area contributed by atoms with Gasteiger partial charge in [0.2, 0.25) is 0 Å². The van der Waals surface area contributed by atoms with Gasteiger partial charge in [0.25, 0.3) is 5.91 Å². The summed E-state index contributed by atoms with van der Waals surface area (Å²) in [7, 11) is 0. The van der Waals surface area contributed by atoms with Gasteiger partial charge in [-0.25, -0.2) is 5.01 Å². The van der Waals surface area contributed by atoms with Crippen LogP contribution in [0.15, 0.2) is 59.7 Å². The van der Waals surface area contributed by atoms with Crippen LogP contribution in [-0.2, 0) is 14.9 Å². The van der Waals surface area contributed by atoms with Crippen molar-refractivity contribution in [2.75, 3.05) is 39.4 Å². The first-order valence-electron chi connectivity index (χ1n) is 9.93. The molecule has 28 heavy (non-hydrogen) atoms. The van der Waals surface area contributed by atoms with Gasteiger partial charge in [0.1, 0.15) is 0 Å². The molecule has 2 heterocycles. The summed E-state index contributed by atoms with van der Waals surface area (Å²) < 4.78 is 5.43. The number of benzene rings is 2. The number of hydrogen-bond acceptors (Lipinski definition) is 4. The number of fused-ring (bicyclic) bond motifs is 1. The Hall–Kier alpha value is -2.50. The van der Waals surface area contributed by atoms with E-state index in [0.717, 1.165) is 55.3 Å². The van der Waals surface area contributed by atoms with E-state index in [1.54, 1.807) is 5.01 Å².